The minimum absolute atomic E-state index is 0.0332. The highest BCUT2D eigenvalue weighted by Crippen LogP contribution is 2.35. The van der Waals surface area contributed by atoms with Crippen LogP contribution in [0.25, 0.3) is 0 Å². The topological polar surface area (TPSA) is 56.1 Å². The van der Waals surface area contributed by atoms with Gasteiger partial charge in [-0.3, -0.25) is 4.79 Å². The number of methoxy groups -OCH3 is 1. The summed E-state index contributed by atoms with van der Waals surface area (Å²) < 4.78 is 7.38. The lowest BCUT2D eigenvalue weighted by atomic mass is 10.2. The summed E-state index contributed by atoms with van der Waals surface area (Å²) in [5.74, 6) is 0.433. The number of ether oxygens (including phenoxy) is 1. The van der Waals surface area contributed by atoms with Crippen molar-refractivity contribution in [3.63, 3.8) is 0 Å². The van der Waals surface area contributed by atoms with Crippen LogP contribution in [-0.2, 0) is 9.53 Å². The zero-order chi connectivity index (χ0) is 16.1. The highest BCUT2D eigenvalue weighted by molar-refractivity contribution is 7.99. The largest absolute Gasteiger partial charge is 0.383 e. The van der Waals surface area contributed by atoms with Crippen LogP contribution in [0.4, 0.5) is 0 Å². The maximum atomic E-state index is 12.0. The maximum absolute atomic E-state index is 12.0. The minimum Gasteiger partial charge on any atom is -0.383 e. The van der Waals surface area contributed by atoms with Gasteiger partial charge < -0.3 is 14.6 Å². The number of carbonyl (C=O) groups excluding carboxylic acids is 1. The molecule has 0 aromatic carbocycles. The Morgan fingerprint density at radius 2 is 2.14 bits per heavy atom. The third-order valence-electron chi connectivity index (χ3n) is 4.20. The number of imidazole rings is 1. The fourth-order valence-electron chi connectivity index (χ4n) is 3.03. The van der Waals surface area contributed by atoms with Gasteiger partial charge in [0, 0.05) is 24.9 Å². The van der Waals surface area contributed by atoms with E-state index in [9.17, 15) is 4.79 Å². The monoisotopic (exact) mass is 325 g/mol. The lowest BCUT2D eigenvalue weighted by Crippen LogP contribution is -2.36. The Morgan fingerprint density at radius 3 is 2.77 bits per heavy atom. The summed E-state index contributed by atoms with van der Waals surface area (Å²) in [7, 11) is 1.64. The lowest BCUT2D eigenvalue weighted by molar-refractivity contribution is -0.119. The molecule has 0 saturated heterocycles. The van der Waals surface area contributed by atoms with Crippen LogP contribution in [0.1, 0.15) is 50.0 Å². The molecular weight excluding hydrogens is 298 g/mol. The predicted molar refractivity (Wildman–Crippen MR) is 89.4 cm³/mol. The summed E-state index contributed by atoms with van der Waals surface area (Å²) in [6.45, 7) is 6.65. The van der Waals surface area contributed by atoms with Gasteiger partial charge in [0.15, 0.2) is 5.16 Å². The molecule has 1 N–H and O–H groups in total. The van der Waals surface area contributed by atoms with Gasteiger partial charge in [-0.15, -0.1) is 0 Å². The third-order valence-corrected chi connectivity index (χ3v) is 5.15. The quantitative estimate of drug-likeness (QED) is 0.783. The number of amides is 1. The van der Waals surface area contributed by atoms with Gasteiger partial charge in [-0.05, 0) is 33.6 Å². The number of rotatable bonds is 7. The summed E-state index contributed by atoms with van der Waals surface area (Å²) >= 11 is 1.54. The molecule has 0 radical (unpaired) electrons. The van der Waals surface area contributed by atoms with Crippen molar-refractivity contribution in [3.8, 4) is 0 Å². The molecule has 124 valence electrons. The van der Waals surface area contributed by atoms with E-state index in [2.05, 4.69) is 21.8 Å². The number of nitrogens with zero attached hydrogens (tertiary/aromatic N) is 2. The van der Waals surface area contributed by atoms with Crippen LogP contribution in [0, 0.1) is 13.8 Å². The molecular formula is C16H27N3O2S. The van der Waals surface area contributed by atoms with Crippen LogP contribution in [0.3, 0.4) is 0 Å². The fraction of sp³-hybridized carbons (Fsp3) is 0.750. The molecule has 22 heavy (non-hydrogen) atoms. The van der Waals surface area contributed by atoms with Crippen molar-refractivity contribution in [1.29, 1.82) is 0 Å². The first-order valence-corrected chi connectivity index (χ1v) is 8.98. The zero-order valence-corrected chi connectivity index (χ0v) is 14.8. The van der Waals surface area contributed by atoms with E-state index in [-0.39, 0.29) is 11.9 Å². The zero-order valence-electron chi connectivity index (χ0n) is 14.0. The minimum atomic E-state index is 0.0332. The average molecular weight is 325 g/mol. The molecule has 6 heteroatoms. The average Bonchev–Trinajstić information content (AvgIpc) is 3.06. The van der Waals surface area contributed by atoms with Crippen molar-refractivity contribution in [2.24, 2.45) is 0 Å². The van der Waals surface area contributed by atoms with Crippen molar-refractivity contribution in [2.75, 3.05) is 19.5 Å². The molecule has 1 aromatic heterocycles. The summed E-state index contributed by atoms with van der Waals surface area (Å²) in [5, 5.41) is 3.92. The van der Waals surface area contributed by atoms with Crippen molar-refractivity contribution in [3.05, 3.63) is 11.4 Å². The highest BCUT2D eigenvalue weighted by atomic mass is 32.2. The smallest absolute Gasteiger partial charge is 0.230 e. The fourth-order valence-corrected chi connectivity index (χ4v) is 4.00. The Bertz CT molecular complexity index is 510. The first-order chi connectivity index (χ1) is 10.5. The third kappa shape index (κ3) is 4.26. The standard InChI is InChI=1S/C16H27N3O2S/c1-11(9-21-4)17-15(20)10-22-16-18-12(2)13(3)19(16)14-7-5-6-8-14/h11,14H,5-10H2,1-4H3,(H,17,20). The first kappa shape index (κ1) is 17.3. The van der Waals surface area contributed by atoms with Gasteiger partial charge >= 0.3 is 0 Å². The SMILES string of the molecule is COCC(C)NC(=O)CSc1nc(C)c(C)n1C1CCCC1. The highest BCUT2D eigenvalue weighted by Gasteiger charge is 2.23. The molecule has 1 saturated carbocycles. The van der Waals surface area contributed by atoms with Gasteiger partial charge in [0.1, 0.15) is 0 Å². The van der Waals surface area contributed by atoms with Gasteiger partial charge in [-0.1, -0.05) is 24.6 Å². The van der Waals surface area contributed by atoms with E-state index in [1.54, 1.807) is 7.11 Å². The molecule has 0 aliphatic heterocycles. The van der Waals surface area contributed by atoms with E-state index in [0.717, 1.165) is 10.9 Å². The van der Waals surface area contributed by atoms with Gasteiger partial charge in [0.2, 0.25) is 5.91 Å². The van der Waals surface area contributed by atoms with E-state index < -0.39 is 0 Å². The number of nitrogens with one attached hydrogen (secondary N) is 1. The van der Waals surface area contributed by atoms with E-state index in [1.165, 1.54) is 43.1 Å². The number of aryl methyl sites for hydroxylation is 1. The van der Waals surface area contributed by atoms with E-state index in [4.69, 9.17) is 4.74 Å². The molecule has 1 heterocycles. The molecule has 1 aromatic rings. The molecule has 1 amide bonds. The predicted octanol–water partition coefficient (Wildman–Crippen LogP) is 2.86. The molecule has 2 rings (SSSR count). The Morgan fingerprint density at radius 1 is 1.45 bits per heavy atom. The van der Waals surface area contributed by atoms with E-state index >= 15 is 0 Å². The Labute approximate surface area is 137 Å². The second-order valence-corrected chi connectivity index (χ2v) is 7.03. The summed E-state index contributed by atoms with van der Waals surface area (Å²) in [4.78, 5) is 16.7. The number of aromatic nitrogens is 2. The molecule has 1 fully saturated rings. The molecule has 0 spiro atoms. The summed E-state index contributed by atoms with van der Waals surface area (Å²) in [6.07, 6.45) is 5.03. The Kier molecular flexibility index (Phi) is 6.32. The second kappa shape index (κ2) is 8.02. The van der Waals surface area contributed by atoms with Crippen LogP contribution < -0.4 is 5.32 Å². The van der Waals surface area contributed by atoms with E-state index in [1.807, 2.05) is 13.8 Å². The van der Waals surface area contributed by atoms with Crippen molar-refractivity contribution < 1.29 is 9.53 Å². The van der Waals surface area contributed by atoms with Gasteiger partial charge in [-0.2, -0.15) is 0 Å². The number of hydrogen-bond donors (Lipinski definition) is 1. The molecule has 5 nitrogen and oxygen atoms in total. The Hall–Kier alpha value is -1.01. The van der Waals surface area contributed by atoms with Crippen LogP contribution >= 0.6 is 11.8 Å². The van der Waals surface area contributed by atoms with Gasteiger partial charge in [0.25, 0.3) is 0 Å². The van der Waals surface area contributed by atoms with Crippen LogP contribution in [-0.4, -0.2) is 41.0 Å². The molecule has 1 atom stereocenters. The lowest BCUT2D eigenvalue weighted by Gasteiger charge is -2.17. The van der Waals surface area contributed by atoms with Crippen molar-refractivity contribution in [1.82, 2.24) is 14.9 Å². The van der Waals surface area contributed by atoms with Crippen LogP contribution in [0.2, 0.25) is 0 Å². The molecule has 1 unspecified atom stereocenters. The molecule has 1 aliphatic carbocycles. The molecule has 0 bridgehead atoms. The second-order valence-electron chi connectivity index (χ2n) is 6.09. The Balaban J connectivity index is 1.97. The van der Waals surface area contributed by atoms with Crippen molar-refractivity contribution >= 4 is 17.7 Å². The van der Waals surface area contributed by atoms with Gasteiger partial charge in [0.05, 0.1) is 18.1 Å². The first-order valence-electron chi connectivity index (χ1n) is 7.99. The number of hydrogen-bond acceptors (Lipinski definition) is 4. The molecule has 1 aliphatic rings. The number of carbonyl (C=O) groups is 1. The summed E-state index contributed by atoms with van der Waals surface area (Å²) in [5.41, 5.74) is 2.31. The number of thioether (sulfide) groups is 1. The van der Waals surface area contributed by atoms with Crippen molar-refractivity contribution in [2.45, 2.75) is 63.7 Å². The summed E-state index contributed by atoms with van der Waals surface area (Å²) in [6, 6.07) is 0.593. The van der Waals surface area contributed by atoms with E-state index in [0.29, 0.717) is 18.4 Å². The van der Waals surface area contributed by atoms with Crippen LogP contribution in [0.5, 0.6) is 0 Å². The maximum Gasteiger partial charge on any atom is 0.230 e. The van der Waals surface area contributed by atoms with Crippen LogP contribution in [0.15, 0.2) is 5.16 Å². The van der Waals surface area contributed by atoms with Gasteiger partial charge in [-0.25, -0.2) is 4.98 Å². The normalized spacial score (nSPS) is 16.9.